The van der Waals surface area contributed by atoms with Crippen LogP contribution in [0.25, 0.3) is 0 Å². The number of rotatable bonds is 7. The van der Waals surface area contributed by atoms with Gasteiger partial charge in [-0.05, 0) is 55.5 Å². The molecule has 0 atom stereocenters. The van der Waals surface area contributed by atoms with Crippen LogP contribution in [0.5, 0.6) is 0 Å². The fourth-order valence-corrected chi connectivity index (χ4v) is 3.14. The Morgan fingerprint density at radius 3 is 2.37 bits per heavy atom. The third-order valence-corrected chi connectivity index (χ3v) is 4.84. The Kier molecular flexibility index (Phi) is 6.33. The molecule has 27 heavy (non-hydrogen) atoms. The summed E-state index contributed by atoms with van der Waals surface area (Å²) in [6.45, 7) is 2.64. The summed E-state index contributed by atoms with van der Waals surface area (Å²) in [4.78, 5) is 25.3. The SMILES string of the molecule is Cc1ccc(SCCNC(=O)c2ccc(NC(=O)c3ccco3)cc2)cc1. The van der Waals surface area contributed by atoms with Crippen LogP contribution in [0.3, 0.4) is 0 Å². The molecule has 0 aliphatic heterocycles. The van der Waals surface area contributed by atoms with Crippen molar-refractivity contribution in [1.82, 2.24) is 5.32 Å². The topological polar surface area (TPSA) is 71.3 Å². The first-order valence-corrected chi connectivity index (χ1v) is 9.53. The molecule has 0 fully saturated rings. The molecule has 2 aromatic carbocycles. The van der Waals surface area contributed by atoms with Gasteiger partial charge in [0.15, 0.2) is 5.76 Å². The zero-order chi connectivity index (χ0) is 19.1. The standard InChI is InChI=1S/C21H20N2O3S/c1-15-4-10-18(11-5-15)27-14-12-22-20(24)16-6-8-17(9-7-16)23-21(25)19-3-2-13-26-19/h2-11,13H,12,14H2,1H3,(H,22,24)(H,23,25). The molecule has 2 N–H and O–H groups in total. The van der Waals surface area contributed by atoms with Gasteiger partial charge in [0.25, 0.3) is 11.8 Å². The lowest BCUT2D eigenvalue weighted by Crippen LogP contribution is -2.25. The molecule has 0 saturated heterocycles. The van der Waals surface area contributed by atoms with Crippen molar-refractivity contribution in [2.75, 3.05) is 17.6 Å². The van der Waals surface area contributed by atoms with Gasteiger partial charge in [-0.2, -0.15) is 0 Å². The van der Waals surface area contributed by atoms with Gasteiger partial charge >= 0.3 is 0 Å². The number of anilines is 1. The molecule has 0 aliphatic rings. The summed E-state index contributed by atoms with van der Waals surface area (Å²) in [5, 5.41) is 5.62. The molecule has 2 amide bonds. The Morgan fingerprint density at radius 2 is 1.70 bits per heavy atom. The number of amides is 2. The average molecular weight is 380 g/mol. The van der Waals surface area contributed by atoms with Crippen molar-refractivity contribution in [2.45, 2.75) is 11.8 Å². The van der Waals surface area contributed by atoms with Crippen LogP contribution in [0.2, 0.25) is 0 Å². The maximum absolute atomic E-state index is 12.2. The molecule has 5 nitrogen and oxygen atoms in total. The van der Waals surface area contributed by atoms with Crippen LogP contribution < -0.4 is 10.6 Å². The molecule has 0 spiro atoms. The highest BCUT2D eigenvalue weighted by Crippen LogP contribution is 2.17. The number of hydrogen-bond acceptors (Lipinski definition) is 4. The largest absolute Gasteiger partial charge is 0.459 e. The van der Waals surface area contributed by atoms with Gasteiger partial charge in [0.05, 0.1) is 6.26 Å². The van der Waals surface area contributed by atoms with Gasteiger partial charge in [0.1, 0.15) is 0 Å². The summed E-state index contributed by atoms with van der Waals surface area (Å²) in [7, 11) is 0. The minimum absolute atomic E-state index is 0.136. The van der Waals surface area contributed by atoms with Crippen molar-refractivity contribution in [1.29, 1.82) is 0 Å². The van der Waals surface area contributed by atoms with Gasteiger partial charge in [-0.1, -0.05) is 17.7 Å². The fourth-order valence-electron chi connectivity index (χ4n) is 2.38. The van der Waals surface area contributed by atoms with E-state index in [2.05, 4.69) is 41.8 Å². The maximum Gasteiger partial charge on any atom is 0.291 e. The summed E-state index contributed by atoms with van der Waals surface area (Å²) in [6, 6.07) is 18.3. The van der Waals surface area contributed by atoms with Crippen LogP contribution in [-0.2, 0) is 0 Å². The molecule has 0 radical (unpaired) electrons. The Bertz CT molecular complexity index is 888. The second kappa shape index (κ2) is 9.09. The highest BCUT2D eigenvalue weighted by atomic mass is 32.2. The van der Waals surface area contributed by atoms with Gasteiger partial charge < -0.3 is 15.1 Å². The van der Waals surface area contributed by atoms with Gasteiger partial charge in [0, 0.05) is 28.4 Å². The van der Waals surface area contributed by atoms with E-state index in [1.54, 1.807) is 48.2 Å². The zero-order valence-electron chi connectivity index (χ0n) is 14.9. The number of benzene rings is 2. The highest BCUT2D eigenvalue weighted by Gasteiger charge is 2.09. The van der Waals surface area contributed by atoms with E-state index in [4.69, 9.17) is 4.42 Å². The average Bonchev–Trinajstić information content (AvgIpc) is 3.22. The maximum atomic E-state index is 12.2. The predicted octanol–water partition coefficient (Wildman–Crippen LogP) is 4.36. The predicted molar refractivity (Wildman–Crippen MR) is 107 cm³/mol. The number of furan rings is 1. The molecule has 0 unspecified atom stereocenters. The normalized spacial score (nSPS) is 10.4. The molecule has 0 saturated carbocycles. The molecular formula is C21H20N2O3S. The molecule has 1 aromatic heterocycles. The fraction of sp³-hybridized carbons (Fsp3) is 0.143. The highest BCUT2D eigenvalue weighted by molar-refractivity contribution is 7.99. The van der Waals surface area contributed by atoms with Crippen LogP contribution in [0, 0.1) is 6.92 Å². The summed E-state index contributed by atoms with van der Waals surface area (Å²) < 4.78 is 5.04. The van der Waals surface area contributed by atoms with Crippen molar-refractivity contribution < 1.29 is 14.0 Å². The smallest absolute Gasteiger partial charge is 0.291 e. The van der Waals surface area contributed by atoms with Gasteiger partial charge in [0.2, 0.25) is 0 Å². The van der Waals surface area contributed by atoms with E-state index in [1.165, 1.54) is 16.7 Å². The molecule has 6 heteroatoms. The number of carbonyl (C=O) groups excluding carboxylic acids is 2. The van der Waals surface area contributed by atoms with Gasteiger partial charge in [-0.25, -0.2) is 0 Å². The lowest BCUT2D eigenvalue weighted by Gasteiger charge is -2.07. The Labute approximate surface area is 162 Å². The van der Waals surface area contributed by atoms with E-state index in [0.717, 1.165) is 5.75 Å². The Balaban J connectivity index is 1.44. The molecule has 1 heterocycles. The number of nitrogens with one attached hydrogen (secondary N) is 2. The molecule has 0 aliphatic carbocycles. The minimum atomic E-state index is -0.328. The van der Waals surface area contributed by atoms with E-state index in [1.807, 2.05) is 0 Å². The number of hydrogen-bond donors (Lipinski definition) is 2. The van der Waals surface area contributed by atoms with Crippen molar-refractivity contribution in [3.8, 4) is 0 Å². The molecular weight excluding hydrogens is 360 g/mol. The number of aryl methyl sites for hydroxylation is 1. The monoisotopic (exact) mass is 380 g/mol. The third kappa shape index (κ3) is 5.49. The van der Waals surface area contributed by atoms with Crippen molar-refractivity contribution in [3.05, 3.63) is 83.8 Å². The first kappa shape index (κ1) is 18.8. The number of thioether (sulfide) groups is 1. The second-order valence-corrected chi connectivity index (χ2v) is 7.09. The second-order valence-electron chi connectivity index (χ2n) is 5.93. The lowest BCUT2D eigenvalue weighted by molar-refractivity contribution is 0.0955. The van der Waals surface area contributed by atoms with Crippen LogP contribution in [-0.4, -0.2) is 24.1 Å². The summed E-state index contributed by atoms with van der Waals surface area (Å²) >= 11 is 1.70. The summed E-state index contributed by atoms with van der Waals surface area (Å²) in [6.07, 6.45) is 1.44. The third-order valence-electron chi connectivity index (χ3n) is 3.83. The van der Waals surface area contributed by atoms with Crippen molar-refractivity contribution in [2.24, 2.45) is 0 Å². The van der Waals surface area contributed by atoms with Crippen molar-refractivity contribution >= 4 is 29.3 Å². The van der Waals surface area contributed by atoms with Crippen molar-refractivity contribution in [3.63, 3.8) is 0 Å². The van der Waals surface area contributed by atoms with E-state index in [-0.39, 0.29) is 17.6 Å². The molecule has 3 aromatic rings. The quantitative estimate of drug-likeness (QED) is 0.472. The van der Waals surface area contributed by atoms with Crippen LogP contribution in [0.1, 0.15) is 26.5 Å². The molecule has 138 valence electrons. The van der Waals surface area contributed by atoms with Crippen LogP contribution in [0.4, 0.5) is 5.69 Å². The van der Waals surface area contributed by atoms with Gasteiger partial charge in [-0.15, -0.1) is 11.8 Å². The van der Waals surface area contributed by atoms with Crippen LogP contribution in [0.15, 0.2) is 76.2 Å². The van der Waals surface area contributed by atoms with Crippen LogP contribution >= 0.6 is 11.8 Å². The molecule has 0 bridgehead atoms. The van der Waals surface area contributed by atoms with E-state index < -0.39 is 0 Å². The summed E-state index contributed by atoms with van der Waals surface area (Å²) in [5.74, 6) is 0.572. The Morgan fingerprint density at radius 1 is 0.963 bits per heavy atom. The van der Waals surface area contributed by atoms with E-state index >= 15 is 0 Å². The first-order valence-electron chi connectivity index (χ1n) is 8.54. The van der Waals surface area contributed by atoms with E-state index in [0.29, 0.717) is 17.8 Å². The first-order chi connectivity index (χ1) is 13.1. The zero-order valence-corrected chi connectivity index (χ0v) is 15.7. The number of carbonyl (C=O) groups is 2. The Hall–Kier alpha value is -2.99. The minimum Gasteiger partial charge on any atom is -0.459 e. The van der Waals surface area contributed by atoms with E-state index in [9.17, 15) is 9.59 Å². The van der Waals surface area contributed by atoms with Gasteiger partial charge in [-0.3, -0.25) is 9.59 Å². The summed E-state index contributed by atoms with van der Waals surface area (Å²) in [5.41, 5.74) is 2.38. The molecule has 3 rings (SSSR count). The lowest BCUT2D eigenvalue weighted by atomic mass is 10.2.